The van der Waals surface area contributed by atoms with Gasteiger partial charge in [-0.3, -0.25) is 0 Å². The molecule has 2 unspecified atom stereocenters. The van der Waals surface area contributed by atoms with Crippen molar-refractivity contribution in [1.82, 2.24) is 5.48 Å². The predicted molar refractivity (Wildman–Crippen MR) is 78.3 cm³/mol. The van der Waals surface area contributed by atoms with Gasteiger partial charge in [-0.2, -0.15) is 5.48 Å². The summed E-state index contributed by atoms with van der Waals surface area (Å²) in [6.45, 7) is 2.12. The molecule has 1 heterocycles. The smallest absolute Gasteiger partial charge is 0.203 e. The van der Waals surface area contributed by atoms with Crippen molar-refractivity contribution in [2.75, 3.05) is 28.4 Å². The van der Waals surface area contributed by atoms with Crippen LogP contribution >= 0.6 is 0 Å². The number of rotatable bonds is 7. The Kier molecular flexibility index (Phi) is 5.14. The zero-order chi connectivity index (χ0) is 15.4. The molecule has 0 fully saturated rings. The Morgan fingerprint density at radius 2 is 1.81 bits per heavy atom. The van der Waals surface area contributed by atoms with Gasteiger partial charge in [-0.1, -0.05) is 13.3 Å². The molecule has 0 saturated heterocycles. The Hall–Kier alpha value is -1.66. The fraction of sp³-hybridized carbons (Fsp3) is 0.600. The van der Waals surface area contributed by atoms with Crippen LogP contribution in [0.2, 0.25) is 0 Å². The standard InChI is InChI=1S/C15H23NO5/c1-6-7-9-13(16-20-5)12-10(21-9)8-11(17-2)14(18-3)15(12)19-4/h8-9,13,16H,6-7H2,1-5H3. The average molecular weight is 297 g/mol. The molecule has 0 aromatic heterocycles. The van der Waals surface area contributed by atoms with Crippen molar-refractivity contribution in [1.29, 1.82) is 0 Å². The second kappa shape index (κ2) is 6.87. The summed E-state index contributed by atoms with van der Waals surface area (Å²) in [5.41, 5.74) is 3.90. The van der Waals surface area contributed by atoms with E-state index in [1.807, 2.05) is 6.07 Å². The molecular formula is C15H23NO5. The van der Waals surface area contributed by atoms with Crippen LogP contribution in [0.5, 0.6) is 23.0 Å². The molecular weight excluding hydrogens is 274 g/mol. The maximum Gasteiger partial charge on any atom is 0.203 e. The van der Waals surface area contributed by atoms with Gasteiger partial charge in [0.1, 0.15) is 17.9 Å². The van der Waals surface area contributed by atoms with E-state index in [1.54, 1.807) is 28.4 Å². The molecule has 6 nitrogen and oxygen atoms in total. The van der Waals surface area contributed by atoms with Gasteiger partial charge >= 0.3 is 0 Å². The summed E-state index contributed by atoms with van der Waals surface area (Å²) in [7, 11) is 6.38. The Morgan fingerprint density at radius 3 is 2.33 bits per heavy atom. The molecule has 0 bridgehead atoms. The van der Waals surface area contributed by atoms with E-state index < -0.39 is 0 Å². The van der Waals surface area contributed by atoms with Crippen LogP contribution in [0.1, 0.15) is 31.4 Å². The van der Waals surface area contributed by atoms with Crippen molar-refractivity contribution in [3.63, 3.8) is 0 Å². The number of benzene rings is 1. The van der Waals surface area contributed by atoms with Crippen LogP contribution in [0.4, 0.5) is 0 Å². The van der Waals surface area contributed by atoms with E-state index in [9.17, 15) is 0 Å². The molecule has 1 aliphatic rings. The van der Waals surface area contributed by atoms with Gasteiger partial charge in [0.25, 0.3) is 0 Å². The second-order valence-electron chi connectivity index (χ2n) is 4.80. The maximum atomic E-state index is 6.04. The Bertz CT molecular complexity index is 491. The highest BCUT2D eigenvalue weighted by Crippen LogP contribution is 2.52. The Labute approximate surface area is 125 Å². The van der Waals surface area contributed by atoms with E-state index in [1.165, 1.54) is 0 Å². The summed E-state index contributed by atoms with van der Waals surface area (Å²) in [5, 5.41) is 0. The Balaban J connectivity index is 2.54. The van der Waals surface area contributed by atoms with Gasteiger partial charge in [-0.25, -0.2) is 0 Å². The lowest BCUT2D eigenvalue weighted by molar-refractivity contribution is 0.0264. The highest BCUT2D eigenvalue weighted by molar-refractivity contribution is 5.64. The molecule has 1 aliphatic heterocycles. The molecule has 0 aliphatic carbocycles. The quantitative estimate of drug-likeness (QED) is 0.780. The van der Waals surface area contributed by atoms with Crippen molar-refractivity contribution in [3.8, 4) is 23.0 Å². The second-order valence-corrected chi connectivity index (χ2v) is 4.80. The number of ether oxygens (including phenoxy) is 4. The van der Waals surface area contributed by atoms with E-state index in [4.69, 9.17) is 23.8 Å². The SMILES string of the molecule is CCCC1Oc2cc(OC)c(OC)c(OC)c2C1NOC. The molecule has 0 spiro atoms. The first kappa shape index (κ1) is 15.7. The molecule has 1 aromatic carbocycles. The van der Waals surface area contributed by atoms with Crippen LogP contribution in [-0.4, -0.2) is 34.5 Å². The van der Waals surface area contributed by atoms with E-state index in [0.717, 1.165) is 24.2 Å². The third kappa shape index (κ3) is 2.73. The van der Waals surface area contributed by atoms with Crippen LogP contribution in [0.3, 0.4) is 0 Å². The minimum absolute atomic E-state index is 0.0179. The predicted octanol–water partition coefficient (Wildman–Crippen LogP) is 2.47. The summed E-state index contributed by atoms with van der Waals surface area (Å²) < 4.78 is 22.4. The van der Waals surface area contributed by atoms with Gasteiger partial charge in [0.2, 0.25) is 5.75 Å². The zero-order valence-electron chi connectivity index (χ0n) is 13.2. The molecule has 0 saturated carbocycles. The number of nitrogens with one attached hydrogen (secondary N) is 1. The Morgan fingerprint density at radius 1 is 1.10 bits per heavy atom. The number of fused-ring (bicyclic) bond motifs is 1. The van der Waals surface area contributed by atoms with Gasteiger partial charge in [0, 0.05) is 6.07 Å². The van der Waals surface area contributed by atoms with E-state index in [2.05, 4.69) is 12.4 Å². The molecule has 118 valence electrons. The molecule has 0 amide bonds. The lowest BCUT2D eigenvalue weighted by Gasteiger charge is -2.20. The normalized spacial score (nSPS) is 19.9. The van der Waals surface area contributed by atoms with Crippen molar-refractivity contribution in [3.05, 3.63) is 11.6 Å². The van der Waals surface area contributed by atoms with Crippen molar-refractivity contribution in [2.24, 2.45) is 0 Å². The van der Waals surface area contributed by atoms with Crippen molar-refractivity contribution >= 4 is 0 Å². The van der Waals surface area contributed by atoms with Crippen LogP contribution in [0.25, 0.3) is 0 Å². The highest BCUT2D eigenvalue weighted by atomic mass is 16.6. The van der Waals surface area contributed by atoms with Crippen molar-refractivity contribution in [2.45, 2.75) is 31.9 Å². The van der Waals surface area contributed by atoms with Gasteiger partial charge < -0.3 is 23.8 Å². The first-order chi connectivity index (χ1) is 10.2. The first-order valence-corrected chi connectivity index (χ1v) is 6.99. The molecule has 6 heteroatoms. The summed E-state index contributed by atoms with van der Waals surface area (Å²) in [6.07, 6.45) is 1.90. The van der Waals surface area contributed by atoms with Crippen molar-refractivity contribution < 1.29 is 23.8 Å². The molecule has 21 heavy (non-hydrogen) atoms. The summed E-state index contributed by atoms with van der Waals surface area (Å²) in [5.74, 6) is 2.49. The largest absolute Gasteiger partial charge is 0.493 e. The number of hydrogen-bond acceptors (Lipinski definition) is 6. The summed E-state index contributed by atoms with van der Waals surface area (Å²) in [4.78, 5) is 5.13. The number of hydroxylamine groups is 1. The fourth-order valence-corrected chi connectivity index (χ4v) is 2.74. The molecule has 1 aromatic rings. The van der Waals surface area contributed by atoms with Gasteiger partial charge in [0.05, 0.1) is 34.0 Å². The van der Waals surface area contributed by atoms with Crippen LogP contribution in [-0.2, 0) is 4.84 Å². The fourth-order valence-electron chi connectivity index (χ4n) is 2.74. The number of methoxy groups -OCH3 is 3. The van der Waals surface area contributed by atoms with E-state index >= 15 is 0 Å². The first-order valence-electron chi connectivity index (χ1n) is 6.99. The highest BCUT2D eigenvalue weighted by Gasteiger charge is 2.39. The number of hydrogen-bond donors (Lipinski definition) is 1. The zero-order valence-corrected chi connectivity index (χ0v) is 13.2. The average Bonchev–Trinajstić information content (AvgIpc) is 2.83. The van der Waals surface area contributed by atoms with Gasteiger partial charge in [0.15, 0.2) is 11.5 Å². The summed E-state index contributed by atoms with van der Waals surface area (Å²) >= 11 is 0. The summed E-state index contributed by atoms with van der Waals surface area (Å²) in [6, 6.07) is 1.72. The maximum absolute atomic E-state index is 6.04. The van der Waals surface area contributed by atoms with E-state index in [-0.39, 0.29) is 12.1 Å². The lowest BCUT2D eigenvalue weighted by atomic mass is 9.99. The van der Waals surface area contributed by atoms with Crippen LogP contribution < -0.4 is 24.4 Å². The minimum atomic E-state index is -0.111. The third-order valence-electron chi connectivity index (χ3n) is 3.61. The molecule has 2 atom stereocenters. The van der Waals surface area contributed by atoms with Gasteiger partial charge in [-0.15, -0.1) is 0 Å². The minimum Gasteiger partial charge on any atom is -0.493 e. The lowest BCUT2D eigenvalue weighted by Crippen LogP contribution is -2.30. The monoisotopic (exact) mass is 297 g/mol. The van der Waals surface area contributed by atoms with E-state index in [0.29, 0.717) is 17.2 Å². The molecule has 0 radical (unpaired) electrons. The van der Waals surface area contributed by atoms with Crippen LogP contribution in [0.15, 0.2) is 6.07 Å². The molecule has 2 rings (SSSR count). The van der Waals surface area contributed by atoms with Gasteiger partial charge in [-0.05, 0) is 6.42 Å². The van der Waals surface area contributed by atoms with Crippen LogP contribution in [0, 0.1) is 0 Å². The molecule has 1 N–H and O–H groups in total. The third-order valence-corrected chi connectivity index (χ3v) is 3.61. The topological polar surface area (TPSA) is 58.2 Å².